The molecule has 0 aromatic carbocycles. The van der Waals surface area contributed by atoms with Gasteiger partial charge in [-0.3, -0.25) is 4.79 Å². The van der Waals surface area contributed by atoms with Crippen LogP contribution in [0.5, 0.6) is 0 Å². The van der Waals surface area contributed by atoms with Crippen LogP contribution in [0.2, 0.25) is 0 Å². The Morgan fingerprint density at radius 1 is 1.40 bits per heavy atom. The Balaban J connectivity index is 2.55. The minimum absolute atomic E-state index is 0.0584. The van der Waals surface area contributed by atoms with Crippen LogP contribution in [0, 0.1) is 0 Å². The van der Waals surface area contributed by atoms with E-state index in [2.05, 4.69) is 0 Å². The SMILES string of the molecule is CC1(C)O[C@H](CCN)C[C@H](CC(N)=O)O1. The Hall–Kier alpha value is -0.650. The Bertz CT molecular complexity index is 231. The molecular formula is C10H20N2O3. The quantitative estimate of drug-likeness (QED) is 0.698. The average molecular weight is 216 g/mol. The second kappa shape index (κ2) is 4.92. The summed E-state index contributed by atoms with van der Waals surface area (Å²) in [5, 5.41) is 0. The normalized spacial score (nSPS) is 30.1. The van der Waals surface area contributed by atoms with Crippen LogP contribution < -0.4 is 11.5 Å². The molecule has 1 aliphatic rings. The number of hydrogen-bond acceptors (Lipinski definition) is 4. The first-order valence-electron chi connectivity index (χ1n) is 5.27. The number of primary amides is 1. The van der Waals surface area contributed by atoms with Crippen molar-refractivity contribution in [3.05, 3.63) is 0 Å². The molecule has 0 aliphatic carbocycles. The van der Waals surface area contributed by atoms with E-state index in [9.17, 15) is 4.79 Å². The first-order valence-corrected chi connectivity index (χ1v) is 5.27. The molecule has 0 bridgehead atoms. The molecule has 5 nitrogen and oxygen atoms in total. The maximum atomic E-state index is 10.8. The third-order valence-electron chi connectivity index (χ3n) is 2.34. The number of amides is 1. The van der Waals surface area contributed by atoms with Gasteiger partial charge in [-0.25, -0.2) is 0 Å². The Morgan fingerprint density at radius 2 is 2.00 bits per heavy atom. The van der Waals surface area contributed by atoms with Crippen LogP contribution in [0.15, 0.2) is 0 Å². The van der Waals surface area contributed by atoms with Crippen molar-refractivity contribution in [1.29, 1.82) is 0 Å². The lowest BCUT2D eigenvalue weighted by Crippen LogP contribution is -2.46. The summed E-state index contributed by atoms with van der Waals surface area (Å²) in [5.41, 5.74) is 10.6. The Kier molecular flexibility index (Phi) is 4.07. The van der Waals surface area contributed by atoms with E-state index >= 15 is 0 Å². The summed E-state index contributed by atoms with van der Waals surface area (Å²) in [4.78, 5) is 10.8. The highest BCUT2D eigenvalue weighted by molar-refractivity contribution is 5.74. The third kappa shape index (κ3) is 4.15. The molecule has 1 aliphatic heterocycles. The highest BCUT2D eigenvalue weighted by Crippen LogP contribution is 2.29. The van der Waals surface area contributed by atoms with Crippen molar-refractivity contribution in [2.45, 2.75) is 51.1 Å². The highest BCUT2D eigenvalue weighted by Gasteiger charge is 2.35. The molecule has 0 radical (unpaired) electrons. The highest BCUT2D eigenvalue weighted by atomic mass is 16.7. The molecule has 0 spiro atoms. The largest absolute Gasteiger partial charge is 0.370 e. The predicted octanol–water partition coefficient (Wildman–Crippen LogP) is 0.121. The second-order valence-electron chi connectivity index (χ2n) is 4.36. The fourth-order valence-electron chi connectivity index (χ4n) is 1.93. The van der Waals surface area contributed by atoms with E-state index in [0.29, 0.717) is 13.0 Å². The van der Waals surface area contributed by atoms with Gasteiger partial charge in [-0.15, -0.1) is 0 Å². The molecule has 5 heteroatoms. The Morgan fingerprint density at radius 3 is 2.53 bits per heavy atom. The fourth-order valence-corrected chi connectivity index (χ4v) is 1.93. The first-order chi connectivity index (χ1) is 6.93. The van der Waals surface area contributed by atoms with Crippen molar-refractivity contribution >= 4 is 5.91 Å². The average Bonchev–Trinajstić information content (AvgIpc) is 1.99. The van der Waals surface area contributed by atoms with Crippen molar-refractivity contribution in [3.63, 3.8) is 0 Å². The standard InChI is InChI=1S/C10H20N2O3/c1-10(2)14-7(3-4-11)5-8(15-10)6-9(12)13/h7-8H,3-6,11H2,1-2H3,(H2,12,13)/t7-,8-/m1/s1. The summed E-state index contributed by atoms with van der Waals surface area (Å²) in [6.07, 6.45) is 1.62. The molecule has 88 valence electrons. The van der Waals surface area contributed by atoms with Crippen molar-refractivity contribution in [1.82, 2.24) is 0 Å². The molecule has 1 heterocycles. The number of nitrogens with two attached hydrogens (primary N) is 2. The second-order valence-corrected chi connectivity index (χ2v) is 4.36. The third-order valence-corrected chi connectivity index (χ3v) is 2.34. The lowest BCUT2D eigenvalue weighted by atomic mass is 10.0. The van der Waals surface area contributed by atoms with Gasteiger partial charge in [0, 0.05) is 6.42 Å². The number of rotatable bonds is 4. The van der Waals surface area contributed by atoms with Gasteiger partial charge in [0.2, 0.25) is 5.91 Å². The molecule has 1 saturated heterocycles. The van der Waals surface area contributed by atoms with Gasteiger partial charge in [0.15, 0.2) is 5.79 Å². The van der Waals surface area contributed by atoms with Gasteiger partial charge in [-0.1, -0.05) is 0 Å². The van der Waals surface area contributed by atoms with Crippen LogP contribution in [-0.2, 0) is 14.3 Å². The molecule has 15 heavy (non-hydrogen) atoms. The summed E-state index contributed by atoms with van der Waals surface area (Å²) in [6, 6.07) is 0. The molecule has 1 amide bonds. The van der Waals surface area contributed by atoms with Crippen molar-refractivity contribution < 1.29 is 14.3 Å². The summed E-state index contributed by atoms with van der Waals surface area (Å²) in [6.45, 7) is 4.25. The molecule has 1 fully saturated rings. The summed E-state index contributed by atoms with van der Waals surface area (Å²) in [7, 11) is 0. The monoisotopic (exact) mass is 216 g/mol. The van der Waals surface area contributed by atoms with Crippen molar-refractivity contribution in [2.24, 2.45) is 11.5 Å². The molecule has 0 saturated carbocycles. The van der Waals surface area contributed by atoms with Crippen LogP contribution in [0.4, 0.5) is 0 Å². The summed E-state index contributed by atoms with van der Waals surface area (Å²) < 4.78 is 11.3. The van der Waals surface area contributed by atoms with Crippen LogP contribution >= 0.6 is 0 Å². The zero-order chi connectivity index (χ0) is 11.5. The van der Waals surface area contributed by atoms with E-state index in [4.69, 9.17) is 20.9 Å². The van der Waals surface area contributed by atoms with Gasteiger partial charge in [0.05, 0.1) is 18.6 Å². The van der Waals surface area contributed by atoms with Gasteiger partial charge < -0.3 is 20.9 Å². The van der Waals surface area contributed by atoms with E-state index in [1.807, 2.05) is 13.8 Å². The van der Waals surface area contributed by atoms with Gasteiger partial charge in [0.1, 0.15) is 0 Å². The van der Waals surface area contributed by atoms with Crippen LogP contribution in [0.1, 0.15) is 33.1 Å². The van der Waals surface area contributed by atoms with E-state index in [-0.39, 0.29) is 24.5 Å². The van der Waals surface area contributed by atoms with E-state index in [1.165, 1.54) is 0 Å². The summed E-state index contributed by atoms with van der Waals surface area (Å²) in [5.74, 6) is -0.998. The fraction of sp³-hybridized carbons (Fsp3) is 0.900. The van der Waals surface area contributed by atoms with E-state index in [1.54, 1.807) is 0 Å². The van der Waals surface area contributed by atoms with E-state index < -0.39 is 5.79 Å². The van der Waals surface area contributed by atoms with Crippen LogP contribution in [0.3, 0.4) is 0 Å². The molecule has 4 N–H and O–H groups in total. The lowest BCUT2D eigenvalue weighted by Gasteiger charge is -2.40. The molecule has 0 unspecified atom stereocenters. The van der Waals surface area contributed by atoms with E-state index in [0.717, 1.165) is 6.42 Å². The zero-order valence-corrected chi connectivity index (χ0v) is 9.36. The van der Waals surface area contributed by atoms with Gasteiger partial charge in [-0.05, 0) is 26.8 Å². The molecule has 0 aromatic heterocycles. The van der Waals surface area contributed by atoms with Crippen LogP contribution in [-0.4, -0.2) is 30.4 Å². The maximum absolute atomic E-state index is 10.8. The van der Waals surface area contributed by atoms with Gasteiger partial charge >= 0.3 is 0 Å². The zero-order valence-electron chi connectivity index (χ0n) is 9.36. The minimum Gasteiger partial charge on any atom is -0.370 e. The predicted molar refractivity (Wildman–Crippen MR) is 55.9 cm³/mol. The topological polar surface area (TPSA) is 87.6 Å². The molecule has 0 aromatic rings. The number of carbonyl (C=O) groups excluding carboxylic acids is 1. The lowest BCUT2D eigenvalue weighted by molar-refractivity contribution is -0.299. The number of hydrogen-bond donors (Lipinski definition) is 2. The van der Waals surface area contributed by atoms with Gasteiger partial charge in [-0.2, -0.15) is 0 Å². The molecule has 1 rings (SSSR count). The molecular weight excluding hydrogens is 196 g/mol. The van der Waals surface area contributed by atoms with Gasteiger partial charge in [0.25, 0.3) is 0 Å². The molecule has 2 atom stereocenters. The van der Waals surface area contributed by atoms with Crippen molar-refractivity contribution in [2.75, 3.05) is 6.54 Å². The smallest absolute Gasteiger partial charge is 0.220 e. The van der Waals surface area contributed by atoms with Crippen molar-refractivity contribution in [3.8, 4) is 0 Å². The Labute approximate surface area is 90.1 Å². The number of ether oxygens (including phenoxy) is 2. The maximum Gasteiger partial charge on any atom is 0.220 e. The first kappa shape index (κ1) is 12.4. The van der Waals surface area contributed by atoms with Crippen LogP contribution in [0.25, 0.3) is 0 Å². The summed E-state index contributed by atoms with van der Waals surface area (Å²) >= 11 is 0. The number of carbonyl (C=O) groups is 1. The minimum atomic E-state index is -0.655.